The number of nitrogens with one attached hydrogen (secondary N) is 2. The van der Waals surface area contributed by atoms with E-state index < -0.39 is 12.0 Å². The Morgan fingerprint density at radius 1 is 1.32 bits per heavy atom. The fourth-order valence-corrected chi connectivity index (χ4v) is 2.81. The summed E-state index contributed by atoms with van der Waals surface area (Å²) in [6, 6.07) is -1.24. The summed E-state index contributed by atoms with van der Waals surface area (Å²) in [5.41, 5.74) is 4.89. The number of hydrogen-bond donors (Lipinski definition) is 4. The average molecular weight is 290 g/mol. The van der Waals surface area contributed by atoms with Crippen molar-refractivity contribution in [2.24, 2.45) is 5.73 Å². The largest absolute Gasteiger partial charge is 0.481 e. The normalized spacial score (nSPS) is 18.7. The van der Waals surface area contributed by atoms with Gasteiger partial charge in [0.05, 0.1) is 12.5 Å². The molecule has 1 atom stereocenters. The third kappa shape index (κ3) is 5.69. The van der Waals surface area contributed by atoms with Crippen LogP contribution in [0.3, 0.4) is 0 Å². The number of carboxylic acids is 1. The van der Waals surface area contributed by atoms with E-state index in [1.54, 1.807) is 11.8 Å². The highest BCUT2D eigenvalue weighted by Gasteiger charge is 2.28. The zero-order chi connectivity index (χ0) is 14.3. The highest BCUT2D eigenvalue weighted by atomic mass is 32.2. The molecule has 0 aromatic carbocycles. The van der Waals surface area contributed by atoms with Crippen molar-refractivity contribution in [3.8, 4) is 0 Å². The standard InChI is InChI=1S/C10H18N4O4S/c11-9(17)12-1-2-13-10(18)14-3-4-19-6-7(14)5-8(15)16/h7H,1-6H2,(H,13,18)(H,15,16)(H3,11,12,17). The topological polar surface area (TPSA) is 125 Å². The van der Waals surface area contributed by atoms with Crippen LogP contribution in [0.15, 0.2) is 0 Å². The molecule has 1 aliphatic rings. The van der Waals surface area contributed by atoms with Gasteiger partial charge in [-0.05, 0) is 0 Å². The van der Waals surface area contributed by atoms with Crippen LogP contribution in [0.1, 0.15) is 6.42 Å². The summed E-state index contributed by atoms with van der Waals surface area (Å²) < 4.78 is 0. The van der Waals surface area contributed by atoms with Gasteiger partial charge in [0.25, 0.3) is 0 Å². The van der Waals surface area contributed by atoms with Crippen LogP contribution in [-0.4, -0.2) is 65.2 Å². The predicted molar refractivity (Wildman–Crippen MR) is 71.1 cm³/mol. The van der Waals surface area contributed by atoms with Crippen molar-refractivity contribution < 1.29 is 19.5 Å². The minimum atomic E-state index is -0.916. The first-order chi connectivity index (χ1) is 9.00. The first-order valence-corrected chi connectivity index (χ1v) is 7.03. The molecule has 1 heterocycles. The summed E-state index contributed by atoms with van der Waals surface area (Å²) in [6.07, 6.45) is -0.0556. The van der Waals surface area contributed by atoms with Crippen LogP contribution >= 0.6 is 11.8 Å². The lowest BCUT2D eigenvalue weighted by atomic mass is 10.2. The van der Waals surface area contributed by atoms with E-state index in [1.165, 1.54) is 4.90 Å². The molecule has 0 bridgehead atoms. The molecular weight excluding hydrogens is 272 g/mol. The van der Waals surface area contributed by atoms with Crippen LogP contribution < -0.4 is 16.4 Å². The van der Waals surface area contributed by atoms with E-state index in [-0.39, 0.29) is 31.6 Å². The molecule has 1 saturated heterocycles. The third-order valence-corrected chi connectivity index (χ3v) is 3.69. The smallest absolute Gasteiger partial charge is 0.317 e. The fourth-order valence-electron chi connectivity index (χ4n) is 1.75. The van der Waals surface area contributed by atoms with Crippen molar-refractivity contribution in [1.29, 1.82) is 0 Å². The second kappa shape index (κ2) is 7.72. The van der Waals surface area contributed by atoms with Crippen LogP contribution in [-0.2, 0) is 4.79 Å². The molecular formula is C10H18N4O4S. The van der Waals surface area contributed by atoms with Gasteiger partial charge in [0.15, 0.2) is 0 Å². The van der Waals surface area contributed by atoms with Crippen LogP contribution in [0.4, 0.5) is 9.59 Å². The monoisotopic (exact) mass is 290 g/mol. The summed E-state index contributed by atoms with van der Waals surface area (Å²) >= 11 is 1.64. The molecule has 5 N–H and O–H groups in total. The van der Waals surface area contributed by atoms with E-state index in [0.29, 0.717) is 12.3 Å². The Labute approximate surface area is 115 Å². The first-order valence-electron chi connectivity index (χ1n) is 5.88. The van der Waals surface area contributed by atoms with Crippen molar-refractivity contribution in [2.45, 2.75) is 12.5 Å². The predicted octanol–water partition coefficient (Wildman–Crippen LogP) is -0.744. The Balaban J connectivity index is 2.38. The molecule has 19 heavy (non-hydrogen) atoms. The molecule has 0 spiro atoms. The van der Waals surface area contributed by atoms with Gasteiger partial charge in [-0.1, -0.05) is 0 Å². The van der Waals surface area contributed by atoms with Crippen LogP contribution in [0.2, 0.25) is 0 Å². The molecule has 0 radical (unpaired) electrons. The highest BCUT2D eigenvalue weighted by Crippen LogP contribution is 2.18. The van der Waals surface area contributed by atoms with Gasteiger partial charge in [0.2, 0.25) is 0 Å². The fraction of sp³-hybridized carbons (Fsp3) is 0.700. The second-order valence-corrected chi connectivity index (χ2v) is 5.19. The zero-order valence-electron chi connectivity index (χ0n) is 10.4. The van der Waals surface area contributed by atoms with E-state index in [9.17, 15) is 14.4 Å². The SMILES string of the molecule is NC(=O)NCCNC(=O)N1CCSCC1CC(=O)O. The molecule has 1 aliphatic heterocycles. The van der Waals surface area contributed by atoms with E-state index >= 15 is 0 Å². The minimum absolute atomic E-state index is 0.0556. The maximum Gasteiger partial charge on any atom is 0.317 e. The molecule has 0 aromatic heterocycles. The Bertz CT molecular complexity index is 352. The Kier molecular flexibility index (Phi) is 6.26. The summed E-state index contributed by atoms with van der Waals surface area (Å²) in [7, 11) is 0. The Morgan fingerprint density at radius 3 is 2.63 bits per heavy atom. The number of carbonyl (C=O) groups excluding carboxylic acids is 2. The quantitative estimate of drug-likeness (QED) is 0.496. The molecule has 4 amide bonds. The van der Waals surface area contributed by atoms with Crippen molar-refractivity contribution in [2.75, 3.05) is 31.1 Å². The first kappa shape index (κ1) is 15.4. The molecule has 108 valence electrons. The number of urea groups is 2. The second-order valence-electron chi connectivity index (χ2n) is 4.04. The van der Waals surface area contributed by atoms with Gasteiger partial charge < -0.3 is 26.4 Å². The number of aliphatic carboxylic acids is 1. The van der Waals surface area contributed by atoms with E-state index in [2.05, 4.69) is 10.6 Å². The molecule has 0 aliphatic carbocycles. The number of amides is 4. The molecule has 1 unspecified atom stereocenters. The molecule has 9 heteroatoms. The summed E-state index contributed by atoms with van der Waals surface area (Å²) in [5.74, 6) is 0.503. The minimum Gasteiger partial charge on any atom is -0.481 e. The maximum absolute atomic E-state index is 11.9. The van der Waals surface area contributed by atoms with E-state index in [4.69, 9.17) is 10.8 Å². The molecule has 0 saturated carbocycles. The number of nitrogens with zero attached hydrogens (tertiary/aromatic N) is 1. The maximum atomic E-state index is 11.9. The summed E-state index contributed by atoms with van der Waals surface area (Å²) in [5, 5.41) is 13.8. The van der Waals surface area contributed by atoms with Gasteiger partial charge in [-0.25, -0.2) is 9.59 Å². The molecule has 1 fully saturated rings. The number of carboxylic acid groups (broad SMARTS) is 1. The van der Waals surface area contributed by atoms with Crippen molar-refractivity contribution >= 4 is 29.8 Å². The number of carbonyl (C=O) groups is 3. The summed E-state index contributed by atoms with van der Waals surface area (Å²) in [4.78, 5) is 34.6. The van der Waals surface area contributed by atoms with Crippen molar-refractivity contribution in [3.05, 3.63) is 0 Å². The number of rotatable bonds is 5. The zero-order valence-corrected chi connectivity index (χ0v) is 11.2. The lowest BCUT2D eigenvalue weighted by Crippen LogP contribution is -2.52. The molecule has 8 nitrogen and oxygen atoms in total. The van der Waals surface area contributed by atoms with Gasteiger partial charge in [-0.15, -0.1) is 0 Å². The Hall–Kier alpha value is -1.64. The van der Waals surface area contributed by atoms with Crippen LogP contribution in [0, 0.1) is 0 Å². The van der Waals surface area contributed by atoms with Gasteiger partial charge in [-0.2, -0.15) is 11.8 Å². The van der Waals surface area contributed by atoms with Gasteiger partial charge in [-0.3, -0.25) is 4.79 Å². The van der Waals surface area contributed by atoms with Gasteiger partial charge in [0, 0.05) is 31.1 Å². The molecule has 1 rings (SSSR count). The summed E-state index contributed by atoms with van der Waals surface area (Å²) in [6.45, 7) is 1.02. The average Bonchev–Trinajstić information content (AvgIpc) is 2.34. The lowest BCUT2D eigenvalue weighted by molar-refractivity contribution is -0.138. The van der Waals surface area contributed by atoms with Crippen LogP contribution in [0.25, 0.3) is 0 Å². The Morgan fingerprint density at radius 2 is 2.00 bits per heavy atom. The highest BCUT2D eigenvalue weighted by molar-refractivity contribution is 7.99. The van der Waals surface area contributed by atoms with Crippen molar-refractivity contribution in [3.63, 3.8) is 0 Å². The number of nitrogens with two attached hydrogens (primary N) is 1. The number of thioether (sulfide) groups is 1. The van der Waals surface area contributed by atoms with Crippen molar-refractivity contribution in [1.82, 2.24) is 15.5 Å². The van der Waals surface area contributed by atoms with Gasteiger partial charge in [0.1, 0.15) is 0 Å². The van der Waals surface area contributed by atoms with E-state index in [0.717, 1.165) is 5.75 Å². The third-order valence-electron chi connectivity index (χ3n) is 2.60. The number of hydrogen-bond acceptors (Lipinski definition) is 4. The van der Waals surface area contributed by atoms with E-state index in [1.807, 2.05) is 0 Å². The number of primary amides is 1. The lowest BCUT2D eigenvalue weighted by Gasteiger charge is -2.34. The van der Waals surface area contributed by atoms with Gasteiger partial charge >= 0.3 is 18.0 Å². The van der Waals surface area contributed by atoms with Crippen LogP contribution in [0.5, 0.6) is 0 Å². The molecule has 0 aromatic rings.